The van der Waals surface area contributed by atoms with Crippen molar-refractivity contribution in [1.29, 1.82) is 0 Å². The molecule has 0 saturated carbocycles. The summed E-state index contributed by atoms with van der Waals surface area (Å²) in [5.74, 6) is 0.900. The van der Waals surface area contributed by atoms with Gasteiger partial charge >= 0.3 is 0 Å². The Hall–Kier alpha value is -2.60. The number of rotatable bonds is 6. The summed E-state index contributed by atoms with van der Waals surface area (Å²) in [6.07, 6.45) is 4.95. The van der Waals surface area contributed by atoms with E-state index in [0.29, 0.717) is 12.4 Å². The third-order valence-corrected chi connectivity index (χ3v) is 4.87. The van der Waals surface area contributed by atoms with Crippen LogP contribution >= 0.6 is 11.8 Å². The van der Waals surface area contributed by atoms with Gasteiger partial charge in [0, 0.05) is 17.3 Å². The van der Waals surface area contributed by atoms with E-state index in [2.05, 4.69) is 40.7 Å². The van der Waals surface area contributed by atoms with Gasteiger partial charge in [0.2, 0.25) is 0 Å². The average molecular weight is 352 g/mol. The summed E-state index contributed by atoms with van der Waals surface area (Å²) in [6.45, 7) is 4.88. The van der Waals surface area contributed by atoms with Gasteiger partial charge in [0.15, 0.2) is 5.82 Å². The average Bonchev–Trinajstić information content (AvgIpc) is 2.95. The molecule has 0 spiro atoms. The molecule has 0 aliphatic rings. The lowest BCUT2D eigenvalue weighted by molar-refractivity contribution is 0.321. The van der Waals surface area contributed by atoms with Crippen LogP contribution in [0, 0.1) is 0 Å². The van der Waals surface area contributed by atoms with Gasteiger partial charge in [-0.05, 0) is 35.7 Å². The fourth-order valence-electron chi connectivity index (χ4n) is 2.53. The van der Waals surface area contributed by atoms with Crippen LogP contribution in [0.3, 0.4) is 0 Å². The first kappa shape index (κ1) is 17.2. The maximum Gasteiger partial charge on any atom is 0.156 e. The van der Waals surface area contributed by atoms with E-state index in [4.69, 9.17) is 10.2 Å². The van der Waals surface area contributed by atoms with Crippen molar-refractivity contribution < 1.29 is 5.21 Å². The number of nitrogens with zero attached hydrogens (tertiary/aromatic N) is 4. The molecule has 1 aromatic carbocycles. The Balaban J connectivity index is 2.08. The van der Waals surface area contributed by atoms with E-state index in [0.717, 1.165) is 21.2 Å². The van der Waals surface area contributed by atoms with Crippen LogP contribution in [0.2, 0.25) is 0 Å². The molecule has 0 unspecified atom stereocenters. The highest BCUT2D eigenvalue weighted by atomic mass is 32.2. The van der Waals surface area contributed by atoms with Gasteiger partial charge in [-0.2, -0.15) is 0 Å². The van der Waals surface area contributed by atoms with E-state index in [1.807, 2.05) is 30.3 Å². The highest BCUT2D eigenvalue weighted by molar-refractivity contribution is 7.99. The van der Waals surface area contributed by atoms with Crippen molar-refractivity contribution in [2.24, 2.45) is 5.16 Å². The lowest BCUT2D eigenvalue weighted by Crippen LogP contribution is -2.06. The first-order valence-corrected chi connectivity index (χ1v) is 8.90. The van der Waals surface area contributed by atoms with E-state index in [1.54, 1.807) is 24.2 Å². The van der Waals surface area contributed by atoms with Crippen LogP contribution in [0.5, 0.6) is 0 Å². The van der Waals surface area contributed by atoms with Gasteiger partial charge in [-0.3, -0.25) is 4.98 Å². The SMILES string of the molecule is CC(C)c1nc(/C=N/O)n(Cc2ccncc2)c1Sc1ccccc1. The number of aromatic nitrogens is 3. The van der Waals surface area contributed by atoms with E-state index in [9.17, 15) is 0 Å². The molecule has 0 aliphatic carbocycles. The molecule has 0 bridgehead atoms. The summed E-state index contributed by atoms with van der Waals surface area (Å²) < 4.78 is 2.09. The van der Waals surface area contributed by atoms with Crippen LogP contribution in [-0.2, 0) is 6.54 Å². The van der Waals surface area contributed by atoms with Gasteiger partial charge in [-0.15, -0.1) is 0 Å². The summed E-state index contributed by atoms with van der Waals surface area (Å²) in [4.78, 5) is 9.93. The second-order valence-corrected chi connectivity index (χ2v) is 6.98. The molecule has 2 aromatic heterocycles. The summed E-state index contributed by atoms with van der Waals surface area (Å²) >= 11 is 1.68. The number of imidazole rings is 1. The number of oxime groups is 1. The van der Waals surface area contributed by atoms with Crippen LogP contribution in [0.1, 0.15) is 36.8 Å². The molecular formula is C19H20N4OS. The number of hydrogen-bond acceptors (Lipinski definition) is 5. The lowest BCUT2D eigenvalue weighted by atomic mass is 10.1. The third-order valence-electron chi connectivity index (χ3n) is 3.74. The molecule has 0 radical (unpaired) electrons. The van der Waals surface area contributed by atoms with Crippen molar-refractivity contribution in [2.45, 2.75) is 36.2 Å². The number of pyridine rings is 1. The molecule has 3 aromatic rings. The fourth-order valence-corrected chi connectivity index (χ4v) is 3.70. The Bertz CT molecular complexity index is 845. The normalized spacial score (nSPS) is 11.5. The van der Waals surface area contributed by atoms with Crippen molar-refractivity contribution in [3.63, 3.8) is 0 Å². The summed E-state index contributed by atoms with van der Waals surface area (Å²) in [5.41, 5.74) is 2.11. The van der Waals surface area contributed by atoms with Gasteiger partial charge < -0.3 is 9.77 Å². The molecule has 128 valence electrons. The largest absolute Gasteiger partial charge is 0.411 e. The molecule has 0 saturated heterocycles. The quantitative estimate of drug-likeness (QED) is 0.405. The molecule has 1 N–H and O–H groups in total. The van der Waals surface area contributed by atoms with Crippen molar-refractivity contribution in [3.8, 4) is 0 Å². The number of hydrogen-bond donors (Lipinski definition) is 1. The van der Waals surface area contributed by atoms with Crippen molar-refractivity contribution in [1.82, 2.24) is 14.5 Å². The molecule has 5 nitrogen and oxygen atoms in total. The van der Waals surface area contributed by atoms with Crippen LogP contribution in [-0.4, -0.2) is 26.0 Å². The lowest BCUT2D eigenvalue weighted by Gasteiger charge is -2.12. The van der Waals surface area contributed by atoms with Crippen LogP contribution in [0.15, 0.2) is 69.9 Å². The molecule has 0 atom stereocenters. The molecule has 25 heavy (non-hydrogen) atoms. The van der Waals surface area contributed by atoms with Gasteiger partial charge in [-0.1, -0.05) is 49.0 Å². The van der Waals surface area contributed by atoms with Crippen molar-refractivity contribution >= 4 is 18.0 Å². The van der Waals surface area contributed by atoms with E-state index >= 15 is 0 Å². The van der Waals surface area contributed by atoms with Gasteiger partial charge in [0.05, 0.1) is 12.2 Å². The van der Waals surface area contributed by atoms with Gasteiger partial charge in [0.25, 0.3) is 0 Å². The molecule has 0 aliphatic heterocycles. The Morgan fingerprint density at radius 3 is 2.52 bits per heavy atom. The van der Waals surface area contributed by atoms with Crippen LogP contribution < -0.4 is 0 Å². The molecule has 2 heterocycles. The number of benzene rings is 1. The first-order chi connectivity index (χ1) is 12.2. The van der Waals surface area contributed by atoms with E-state index in [-0.39, 0.29) is 5.92 Å². The molecule has 0 amide bonds. The minimum Gasteiger partial charge on any atom is -0.411 e. The zero-order valence-electron chi connectivity index (χ0n) is 14.2. The minimum atomic E-state index is 0.260. The van der Waals surface area contributed by atoms with Crippen molar-refractivity contribution in [3.05, 3.63) is 71.9 Å². The predicted molar refractivity (Wildman–Crippen MR) is 99.6 cm³/mol. The van der Waals surface area contributed by atoms with Gasteiger partial charge in [0.1, 0.15) is 11.2 Å². The standard InChI is InChI=1S/C19H20N4OS/c1-14(2)18-19(25-16-6-4-3-5-7-16)23(17(22-18)12-21-24)13-15-8-10-20-11-9-15/h3-12,14,24H,13H2,1-2H3/b21-12+. The van der Waals surface area contributed by atoms with Crippen molar-refractivity contribution in [2.75, 3.05) is 0 Å². The summed E-state index contributed by atoms with van der Waals surface area (Å²) in [5, 5.41) is 13.3. The molecule has 0 fully saturated rings. The fraction of sp³-hybridized carbons (Fsp3) is 0.211. The minimum absolute atomic E-state index is 0.260. The second-order valence-electron chi connectivity index (χ2n) is 5.92. The van der Waals surface area contributed by atoms with E-state index < -0.39 is 0 Å². The second kappa shape index (κ2) is 7.98. The Morgan fingerprint density at radius 1 is 1.16 bits per heavy atom. The third kappa shape index (κ3) is 4.09. The first-order valence-electron chi connectivity index (χ1n) is 8.08. The maximum atomic E-state index is 9.04. The molecule has 3 rings (SSSR count). The topological polar surface area (TPSA) is 63.3 Å². The zero-order valence-corrected chi connectivity index (χ0v) is 15.0. The summed E-state index contributed by atoms with van der Waals surface area (Å²) in [7, 11) is 0. The van der Waals surface area contributed by atoms with Crippen LogP contribution in [0.4, 0.5) is 0 Å². The zero-order chi connectivity index (χ0) is 17.6. The van der Waals surface area contributed by atoms with Gasteiger partial charge in [-0.25, -0.2) is 4.98 Å². The summed E-state index contributed by atoms with van der Waals surface area (Å²) in [6, 6.07) is 14.2. The monoisotopic (exact) mass is 352 g/mol. The molecular weight excluding hydrogens is 332 g/mol. The highest BCUT2D eigenvalue weighted by Crippen LogP contribution is 2.34. The predicted octanol–water partition coefficient (Wildman–Crippen LogP) is 4.41. The Labute approximate surface area is 151 Å². The Morgan fingerprint density at radius 2 is 1.88 bits per heavy atom. The van der Waals surface area contributed by atoms with Crippen LogP contribution in [0.25, 0.3) is 0 Å². The smallest absolute Gasteiger partial charge is 0.156 e. The highest BCUT2D eigenvalue weighted by Gasteiger charge is 2.20. The Kier molecular flexibility index (Phi) is 5.50. The molecule has 6 heteroatoms. The maximum absolute atomic E-state index is 9.04. The van der Waals surface area contributed by atoms with E-state index in [1.165, 1.54) is 6.21 Å².